The fourth-order valence-electron chi connectivity index (χ4n) is 2.98. The molecule has 3 rings (SSSR count). The first-order valence-electron chi connectivity index (χ1n) is 8.39. The van der Waals surface area contributed by atoms with Crippen molar-refractivity contribution >= 4 is 16.9 Å². The Morgan fingerprint density at radius 3 is 2.60 bits per heavy atom. The van der Waals surface area contributed by atoms with Gasteiger partial charge in [-0.3, -0.25) is 4.79 Å². The predicted octanol–water partition coefficient (Wildman–Crippen LogP) is 4.05. The number of hydrogen-bond donors (Lipinski definition) is 1. The molecule has 0 aliphatic carbocycles. The SMILES string of the molecule is COCc1ccccc1CNC(=O)Cc1coc2c(C)c(C)ccc12. The number of fused-ring (bicyclic) bond motifs is 1. The van der Waals surface area contributed by atoms with Gasteiger partial charge >= 0.3 is 0 Å². The molecule has 0 aliphatic rings. The Hall–Kier alpha value is -2.59. The monoisotopic (exact) mass is 337 g/mol. The van der Waals surface area contributed by atoms with E-state index in [9.17, 15) is 4.79 Å². The van der Waals surface area contributed by atoms with Crippen LogP contribution in [0, 0.1) is 13.8 Å². The highest BCUT2D eigenvalue weighted by Gasteiger charge is 2.13. The summed E-state index contributed by atoms with van der Waals surface area (Å²) in [5, 5.41) is 4.00. The van der Waals surface area contributed by atoms with Gasteiger partial charge in [-0.05, 0) is 36.1 Å². The van der Waals surface area contributed by atoms with Crippen molar-refractivity contribution in [2.24, 2.45) is 0 Å². The van der Waals surface area contributed by atoms with Crippen LogP contribution in [-0.2, 0) is 29.1 Å². The lowest BCUT2D eigenvalue weighted by Gasteiger charge is -2.10. The summed E-state index contributed by atoms with van der Waals surface area (Å²) in [6, 6.07) is 12.1. The third-order valence-corrected chi connectivity index (χ3v) is 4.59. The number of furan rings is 1. The quantitative estimate of drug-likeness (QED) is 0.738. The van der Waals surface area contributed by atoms with Gasteiger partial charge in [-0.15, -0.1) is 0 Å². The number of hydrogen-bond acceptors (Lipinski definition) is 3. The number of aryl methyl sites for hydroxylation is 2. The number of carbonyl (C=O) groups excluding carboxylic acids is 1. The fraction of sp³-hybridized carbons (Fsp3) is 0.286. The Morgan fingerprint density at radius 1 is 1.08 bits per heavy atom. The van der Waals surface area contributed by atoms with Gasteiger partial charge in [-0.25, -0.2) is 0 Å². The molecule has 0 fully saturated rings. The van der Waals surface area contributed by atoms with Gasteiger partial charge in [-0.2, -0.15) is 0 Å². The molecule has 4 nitrogen and oxygen atoms in total. The molecule has 0 saturated heterocycles. The Bertz CT molecular complexity index is 895. The minimum atomic E-state index is -0.0202. The summed E-state index contributed by atoms with van der Waals surface area (Å²) in [5.74, 6) is -0.0202. The molecule has 0 unspecified atom stereocenters. The predicted molar refractivity (Wildman–Crippen MR) is 98.4 cm³/mol. The minimum Gasteiger partial charge on any atom is -0.464 e. The van der Waals surface area contributed by atoms with E-state index in [0.717, 1.165) is 33.2 Å². The van der Waals surface area contributed by atoms with Crippen molar-refractivity contribution in [2.75, 3.05) is 7.11 Å². The van der Waals surface area contributed by atoms with Crippen LogP contribution in [-0.4, -0.2) is 13.0 Å². The maximum absolute atomic E-state index is 12.4. The number of nitrogens with one attached hydrogen (secondary N) is 1. The first-order chi connectivity index (χ1) is 12.1. The summed E-state index contributed by atoms with van der Waals surface area (Å²) < 4.78 is 10.9. The number of rotatable bonds is 6. The highest BCUT2D eigenvalue weighted by molar-refractivity contribution is 5.89. The molecule has 3 aromatic rings. The molecule has 130 valence electrons. The second kappa shape index (κ2) is 7.53. The zero-order valence-electron chi connectivity index (χ0n) is 14.9. The molecule has 0 saturated carbocycles. The van der Waals surface area contributed by atoms with Crippen LogP contribution in [0.1, 0.15) is 27.8 Å². The van der Waals surface area contributed by atoms with Crippen LogP contribution >= 0.6 is 0 Å². The first-order valence-corrected chi connectivity index (χ1v) is 8.39. The molecule has 1 N–H and O–H groups in total. The summed E-state index contributed by atoms with van der Waals surface area (Å²) in [7, 11) is 1.67. The molecular formula is C21H23NO3. The van der Waals surface area contributed by atoms with E-state index in [1.54, 1.807) is 13.4 Å². The highest BCUT2D eigenvalue weighted by atomic mass is 16.5. The summed E-state index contributed by atoms with van der Waals surface area (Å²) in [4.78, 5) is 12.4. The van der Waals surface area contributed by atoms with Crippen molar-refractivity contribution in [3.05, 3.63) is 70.5 Å². The third-order valence-electron chi connectivity index (χ3n) is 4.59. The van der Waals surface area contributed by atoms with Crippen molar-refractivity contribution in [3.63, 3.8) is 0 Å². The Balaban J connectivity index is 1.69. The van der Waals surface area contributed by atoms with Crippen molar-refractivity contribution in [1.29, 1.82) is 0 Å². The van der Waals surface area contributed by atoms with Gasteiger partial charge in [0.2, 0.25) is 5.91 Å². The van der Waals surface area contributed by atoms with Crippen molar-refractivity contribution in [2.45, 2.75) is 33.4 Å². The zero-order chi connectivity index (χ0) is 17.8. The van der Waals surface area contributed by atoms with E-state index < -0.39 is 0 Å². The van der Waals surface area contributed by atoms with Crippen molar-refractivity contribution in [3.8, 4) is 0 Å². The summed E-state index contributed by atoms with van der Waals surface area (Å²) in [5.41, 5.74) is 6.26. The van der Waals surface area contributed by atoms with E-state index in [4.69, 9.17) is 9.15 Å². The minimum absolute atomic E-state index is 0.0202. The molecule has 1 heterocycles. The maximum atomic E-state index is 12.4. The van der Waals surface area contributed by atoms with Crippen LogP contribution in [0.4, 0.5) is 0 Å². The fourth-order valence-corrected chi connectivity index (χ4v) is 2.98. The maximum Gasteiger partial charge on any atom is 0.224 e. The average Bonchev–Trinajstić information content (AvgIpc) is 3.01. The van der Waals surface area contributed by atoms with Crippen molar-refractivity contribution in [1.82, 2.24) is 5.32 Å². The highest BCUT2D eigenvalue weighted by Crippen LogP contribution is 2.26. The van der Waals surface area contributed by atoms with E-state index >= 15 is 0 Å². The molecule has 0 radical (unpaired) electrons. The van der Waals surface area contributed by atoms with Crippen LogP contribution in [0.15, 0.2) is 47.1 Å². The average molecular weight is 337 g/mol. The lowest BCUT2D eigenvalue weighted by atomic mass is 10.0. The van der Waals surface area contributed by atoms with E-state index in [1.807, 2.05) is 37.3 Å². The molecule has 0 aliphatic heterocycles. The van der Waals surface area contributed by atoms with Gasteiger partial charge in [0.25, 0.3) is 0 Å². The van der Waals surface area contributed by atoms with E-state index in [-0.39, 0.29) is 5.91 Å². The van der Waals surface area contributed by atoms with Crippen LogP contribution in [0.5, 0.6) is 0 Å². The van der Waals surface area contributed by atoms with Crippen LogP contribution < -0.4 is 5.32 Å². The van der Waals surface area contributed by atoms with Gasteiger partial charge in [0, 0.05) is 24.6 Å². The second-order valence-corrected chi connectivity index (χ2v) is 6.30. The Morgan fingerprint density at radius 2 is 1.84 bits per heavy atom. The Kier molecular flexibility index (Phi) is 5.19. The van der Waals surface area contributed by atoms with Gasteiger partial charge < -0.3 is 14.5 Å². The molecule has 4 heteroatoms. The van der Waals surface area contributed by atoms with E-state index in [2.05, 4.69) is 18.3 Å². The second-order valence-electron chi connectivity index (χ2n) is 6.30. The first kappa shape index (κ1) is 17.2. The lowest BCUT2D eigenvalue weighted by Crippen LogP contribution is -2.25. The molecule has 1 aromatic heterocycles. The van der Waals surface area contributed by atoms with Gasteiger partial charge in [0.05, 0.1) is 19.3 Å². The van der Waals surface area contributed by atoms with Crippen LogP contribution in [0.25, 0.3) is 11.0 Å². The normalized spacial score (nSPS) is 11.0. The standard InChI is InChI=1S/C21H23NO3/c1-14-8-9-19-18(13-25-21(19)15(14)2)10-20(23)22-11-16-6-4-5-7-17(16)12-24-3/h4-9,13H,10-12H2,1-3H3,(H,22,23). The number of ether oxygens (including phenoxy) is 1. The lowest BCUT2D eigenvalue weighted by molar-refractivity contribution is -0.120. The molecule has 0 spiro atoms. The Labute approximate surface area is 147 Å². The largest absolute Gasteiger partial charge is 0.464 e. The summed E-state index contributed by atoms with van der Waals surface area (Å²) >= 11 is 0. The van der Waals surface area contributed by atoms with Crippen molar-refractivity contribution < 1.29 is 13.9 Å². The number of carbonyl (C=O) groups is 1. The summed E-state index contributed by atoms with van der Waals surface area (Å²) in [6.07, 6.45) is 2.00. The van der Waals surface area contributed by atoms with Gasteiger partial charge in [0.15, 0.2) is 0 Å². The molecule has 25 heavy (non-hydrogen) atoms. The number of benzene rings is 2. The smallest absolute Gasteiger partial charge is 0.224 e. The number of amides is 1. The van der Waals surface area contributed by atoms with E-state index in [0.29, 0.717) is 19.6 Å². The molecular weight excluding hydrogens is 314 g/mol. The van der Waals surface area contributed by atoms with E-state index in [1.165, 1.54) is 5.56 Å². The molecule has 0 atom stereocenters. The van der Waals surface area contributed by atoms with Gasteiger partial charge in [0.1, 0.15) is 5.58 Å². The molecule has 0 bridgehead atoms. The van der Waals surface area contributed by atoms with Gasteiger partial charge in [-0.1, -0.05) is 36.4 Å². The molecule has 1 amide bonds. The zero-order valence-corrected chi connectivity index (χ0v) is 14.9. The van der Waals surface area contributed by atoms with Crippen LogP contribution in [0.3, 0.4) is 0 Å². The number of methoxy groups -OCH3 is 1. The third kappa shape index (κ3) is 3.74. The topological polar surface area (TPSA) is 51.5 Å². The summed E-state index contributed by atoms with van der Waals surface area (Å²) in [6.45, 7) is 5.13. The van der Waals surface area contributed by atoms with Crippen LogP contribution in [0.2, 0.25) is 0 Å². The molecule has 2 aromatic carbocycles.